The van der Waals surface area contributed by atoms with Gasteiger partial charge < -0.3 is 20.1 Å². The minimum atomic E-state index is -4.40. The molecular weight excluding hydrogens is 1070 g/mol. The van der Waals surface area contributed by atoms with Crippen LogP contribution in [0.25, 0.3) is 0 Å². The summed E-state index contributed by atoms with van der Waals surface area (Å²) in [5.74, 6) is -0.827. The Kier molecular flexibility index (Phi) is 66.1. The first-order valence-corrected chi connectivity index (χ1v) is 36.2. The highest BCUT2D eigenvalue weighted by Gasteiger charge is 2.26. The highest BCUT2D eigenvalue weighted by molar-refractivity contribution is 7.47. The van der Waals surface area contributed by atoms with Crippen LogP contribution >= 0.6 is 7.82 Å². The van der Waals surface area contributed by atoms with Gasteiger partial charge in [-0.2, -0.15) is 0 Å². The molecule has 0 aliphatic carbocycles. The zero-order valence-electron chi connectivity index (χ0n) is 54.5. The van der Waals surface area contributed by atoms with Gasteiger partial charge in [-0.05, 0) is 109 Å². The number of hydrogen-bond acceptors (Lipinski definition) is 8. The summed E-state index contributed by atoms with van der Waals surface area (Å²) in [4.78, 5) is 35.4. The molecule has 0 saturated carbocycles. The predicted molar refractivity (Wildman–Crippen MR) is 367 cm³/mol. The summed E-state index contributed by atoms with van der Waals surface area (Å²) >= 11 is 0. The van der Waals surface area contributed by atoms with Gasteiger partial charge in [-0.15, -0.1) is 0 Å². The molecule has 0 amide bonds. The molecule has 0 aliphatic heterocycles. The summed E-state index contributed by atoms with van der Waals surface area (Å²) in [5.41, 5.74) is 5.40. The van der Waals surface area contributed by atoms with E-state index in [4.69, 9.17) is 24.3 Å². The van der Waals surface area contributed by atoms with E-state index >= 15 is 0 Å². The van der Waals surface area contributed by atoms with E-state index in [1.807, 2.05) is 0 Å². The van der Waals surface area contributed by atoms with Crippen molar-refractivity contribution in [2.75, 3.05) is 26.4 Å². The normalized spacial score (nSPS) is 13.8. The first-order valence-electron chi connectivity index (χ1n) is 34.7. The molecule has 0 bridgehead atoms. The Balaban J connectivity index is 3.90. The Morgan fingerprint density at radius 1 is 0.353 bits per heavy atom. The lowest BCUT2D eigenvalue weighted by atomic mass is 10.0. The molecule has 0 aliphatic rings. The van der Waals surface area contributed by atoms with Crippen molar-refractivity contribution >= 4 is 19.8 Å². The average molecular weight is 1200 g/mol. The van der Waals surface area contributed by atoms with Crippen LogP contribution in [0.15, 0.2) is 134 Å². The highest BCUT2D eigenvalue weighted by Crippen LogP contribution is 2.43. The van der Waals surface area contributed by atoms with Crippen molar-refractivity contribution in [3.05, 3.63) is 134 Å². The first kappa shape index (κ1) is 81.2. The van der Waals surface area contributed by atoms with Gasteiger partial charge in [0, 0.05) is 19.4 Å². The quantitative estimate of drug-likeness (QED) is 0.0264. The molecule has 486 valence electrons. The van der Waals surface area contributed by atoms with Crippen LogP contribution in [-0.2, 0) is 32.7 Å². The van der Waals surface area contributed by atoms with E-state index in [2.05, 4.69) is 148 Å². The third kappa shape index (κ3) is 69.1. The van der Waals surface area contributed by atoms with Gasteiger partial charge in [-0.3, -0.25) is 18.6 Å². The molecule has 2 unspecified atom stereocenters. The first-order chi connectivity index (χ1) is 41.8. The second-order valence-electron chi connectivity index (χ2n) is 22.6. The van der Waals surface area contributed by atoms with E-state index < -0.39 is 26.5 Å². The van der Waals surface area contributed by atoms with Crippen molar-refractivity contribution in [3.63, 3.8) is 0 Å². The van der Waals surface area contributed by atoms with Crippen molar-refractivity contribution in [2.45, 2.75) is 302 Å². The van der Waals surface area contributed by atoms with Crippen LogP contribution in [0.2, 0.25) is 0 Å². The standard InChI is InChI=1S/C75H128NO8P/c1-3-5-7-9-11-13-15-17-19-21-23-25-27-29-31-33-35-36-38-39-41-43-45-47-49-51-53-55-57-59-61-63-65-67-74(77)81-71-73(72-83-85(79,80)82-70-69-76)84-75(78)68-66-64-62-60-58-56-54-52-50-48-46-44-42-40-37-34-32-30-28-26-24-22-20-18-16-14-12-10-8-6-4-2/h5-8,11-14,17-20,23-26,29-32,37,40,73H,3-4,9-10,15-16,21-22,27-28,33-36,38-39,41-72,76H2,1-2H3,(H,79,80)/b7-5-,8-6-,13-11-,14-12-,19-17-,20-18-,25-23-,26-24-,31-29-,32-30-,40-37-. The molecule has 3 N–H and O–H groups in total. The summed E-state index contributed by atoms with van der Waals surface area (Å²) in [5, 5.41) is 0. The number of carbonyl (C=O) groups excluding carboxylic acids is 2. The summed E-state index contributed by atoms with van der Waals surface area (Å²) in [7, 11) is -4.40. The summed E-state index contributed by atoms with van der Waals surface area (Å²) < 4.78 is 33.2. The second-order valence-corrected chi connectivity index (χ2v) is 24.1. The van der Waals surface area contributed by atoms with Gasteiger partial charge in [0.1, 0.15) is 6.61 Å². The lowest BCUT2D eigenvalue weighted by Gasteiger charge is -2.19. The molecule has 10 heteroatoms. The molecule has 0 radical (unpaired) electrons. The molecule has 2 atom stereocenters. The number of phosphoric acid groups is 1. The van der Waals surface area contributed by atoms with Gasteiger partial charge in [-0.1, -0.05) is 308 Å². The number of nitrogens with two attached hydrogens (primary N) is 1. The summed E-state index contributed by atoms with van der Waals surface area (Å²) in [6.07, 6.45) is 98.2. The molecule has 0 aromatic carbocycles. The van der Waals surface area contributed by atoms with Gasteiger partial charge in [0.2, 0.25) is 0 Å². The van der Waals surface area contributed by atoms with Crippen LogP contribution < -0.4 is 5.73 Å². The smallest absolute Gasteiger partial charge is 0.462 e. The fourth-order valence-electron chi connectivity index (χ4n) is 9.49. The van der Waals surface area contributed by atoms with E-state index in [0.717, 1.165) is 109 Å². The zero-order valence-corrected chi connectivity index (χ0v) is 55.4. The van der Waals surface area contributed by atoms with E-state index in [-0.39, 0.29) is 38.6 Å². The van der Waals surface area contributed by atoms with E-state index in [9.17, 15) is 19.0 Å². The van der Waals surface area contributed by atoms with Crippen molar-refractivity contribution in [1.82, 2.24) is 0 Å². The van der Waals surface area contributed by atoms with Crippen LogP contribution in [0.5, 0.6) is 0 Å². The maximum atomic E-state index is 12.8. The predicted octanol–water partition coefficient (Wildman–Crippen LogP) is 22.9. The van der Waals surface area contributed by atoms with E-state index in [0.29, 0.717) is 6.42 Å². The minimum absolute atomic E-state index is 0.0487. The highest BCUT2D eigenvalue weighted by atomic mass is 31.2. The lowest BCUT2D eigenvalue weighted by molar-refractivity contribution is -0.161. The lowest BCUT2D eigenvalue weighted by Crippen LogP contribution is -2.29. The topological polar surface area (TPSA) is 134 Å². The van der Waals surface area contributed by atoms with E-state index in [1.165, 1.54) is 154 Å². The molecule has 0 spiro atoms. The number of unbranched alkanes of at least 4 members (excludes halogenated alkanes) is 29. The molecule has 85 heavy (non-hydrogen) atoms. The van der Waals surface area contributed by atoms with Crippen LogP contribution in [0, 0.1) is 0 Å². The number of carbonyl (C=O) groups is 2. The van der Waals surface area contributed by atoms with Crippen molar-refractivity contribution < 1.29 is 37.6 Å². The number of ether oxygens (including phenoxy) is 2. The third-order valence-corrected chi connectivity index (χ3v) is 15.5. The largest absolute Gasteiger partial charge is 0.472 e. The monoisotopic (exact) mass is 1200 g/mol. The van der Waals surface area contributed by atoms with E-state index in [1.54, 1.807) is 0 Å². The number of rotatable bonds is 64. The maximum Gasteiger partial charge on any atom is 0.472 e. The molecule has 0 saturated heterocycles. The molecule has 0 heterocycles. The van der Waals surface area contributed by atoms with Gasteiger partial charge in [0.25, 0.3) is 0 Å². The van der Waals surface area contributed by atoms with Crippen LogP contribution in [0.3, 0.4) is 0 Å². The molecule has 0 rings (SSSR count). The number of esters is 2. The SMILES string of the molecule is CC/C=C\C/C=C\C/C=C\C/C=C\C/C=C\C/C=C\CCCCCCCCCCCCCCC(=O)OC(COC(=O)CCCCCCCCCCCCCCCCCCC/C=C\C/C=C\C/C=C\C/C=C\C/C=C\CC)COP(=O)(O)OCCN. The van der Waals surface area contributed by atoms with Gasteiger partial charge in [-0.25, -0.2) is 4.57 Å². The summed E-state index contributed by atoms with van der Waals surface area (Å²) in [6, 6.07) is 0. The summed E-state index contributed by atoms with van der Waals surface area (Å²) in [6.45, 7) is 3.53. The Hall–Kier alpha value is -3.85. The minimum Gasteiger partial charge on any atom is -0.462 e. The Morgan fingerprint density at radius 2 is 0.612 bits per heavy atom. The number of phosphoric ester groups is 1. The molecule has 0 aromatic rings. The maximum absolute atomic E-state index is 12.8. The zero-order chi connectivity index (χ0) is 61.6. The molecule has 9 nitrogen and oxygen atoms in total. The van der Waals surface area contributed by atoms with Crippen LogP contribution in [0.1, 0.15) is 296 Å². The van der Waals surface area contributed by atoms with Crippen LogP contribution in [-0.4, -0.2) is 49.3 Å². The van der Waals surface area contributed by atoms with Crippen molar-refractivity contribution in [2.24, 2.45) is 5.73 Å². The van der Waals surface area contributed by atoms with Crippen molar-refractivity contribution in [3.8, 4) is 0 Å². The Bertz CT molecular complexity index is 1860. The van der Waals surface area contributed by atoms with Gasteiger partial charge in [0.05, 0.1) is 13.2 Å². The number of hydrogen-bond donors (Lipinski definition) is 2. The molecule has 0 aromatic heterocycles. The van der Waals surface area contributed by atoms with Crippen molar-refractivity contribution in [1.29, 1.82) is 0 Å². The molecular formula is C75H128NO8P. The fraction of sp³-hybridized carbons (Fsp3) is 0.680. The Labute approximate surface area is 523 Å². The average Bonchev–Trinajstić information content (AvgIpc) is 3.52. The van der Waals surface area contributed by atoms with Gasteiger partial charge >= 0.3 is 19.8 Å². The van der Waals surface area contributed by atoms with Crippen LogP contribution in [0.4, 0.5) is 0 Å². The molecule has 0 fully saturated rings. The van der Waals surface area contributed by atoms with Gasteiger partial charge in [0.15, 0.2) is 6.10 Å². The third-order valence-electron chi connectivity index (χ3n) is 14.5. The number of allylic oxidation sites excluding steroid dienone is 22. The fourth-order valence-corrected chi connectivity index (χ4v) is 10.3. The second kappa shape index (κ2) is 69.3. The Morgan fingerprint density at radius 3 is 0.906 bits per heavy atom.